The van der Waals surface area contributed by atoms with E-state index in [1.165, 1.54) is 19.3 Å². The van der Waals surface area contributed by atoms with Gasteiger partial charge in [0.25, 0.3) is 0 Å². The van der Waals surface area contributed by atoms with Gasteiger partial charge in [-0.2, -0.15) is 0 Å². The second-order valence-electron chi connectivity index (χ2n) is 5.70. The standard InChI is InChI=1S/C15H34N2/c1-8-15(6,17(9-2)10-3)14(16-7)12-11-13(4)5/h13-14,16H,8-12H2,1-7H3. The fraction of sp³-hybridized carbons (Fsp3) is 1.00. The molecule has 2 atom stereocenters. The van der Waals surface area contributed by atoms with Crippen LogP contribution in [0.1, 0.15) is 60.8 Å². The van der Waals surface area contributed by atoms with Crippen molar-refractivity contribution in [2.75, 3.05) is 20.1 Å². The molecule has 0 spiro atoms. The Morgan fingerprint density at radius 2 is 1.59 bits per heavy atom. The highest BCUT2D eigenvalue weighted by atomic mass is 15.2. The third kappa shape index (κ3) is 4.59. The molecule has 2 heteroatoms. The van der Waals surface area contributed by atoms with Gasteiger partial charge >= 0.3 is 0 Å². The van der Waals surface area contributed by atoms with Gasteiger partial charge in [0.05, 0.1) is 0 Å². The maximum absolute atomic E-state index is 3.56. The van der Waals surface area contributed by atoms with Crippen LogP contribution in [0.3, 0.4) is 0 Å². The van der Waals surface area contributed by atoms with E-state index in [2.05, 4.69) is 58.8 Å². The van der Waals surface area contributed by atoms with Crippen LogP contribution in [0.15, 0.2) is 0 Å². The maximum Gasteiger partial charge on any atom is 0.0331 e. The zero-order chi connectivity index (χ0) is 13.5. The molecule has 0 saturated heterocycles. The minimum Gasteiger partial charge on any atom is -0.315 e. The molecule has 0 saturated carbocycles. The topological polar surface area (TPSA) is 15.3 Å². The van der Waals surface area contributed by atoms with E-state index in [-0.39, 0.29) is 5.54 Å². The van der Waals surface area contributed by atoms with Crippen molar-refractivity contribution in [3.8, 4) is 0 Å². The lowest BCUT2D eigenvalue weighted by molar-refractivity contribution is 0.0676. The summed E-state index contributed by atoms with van der Waals surface area (Å²) in [6.07, 6.45) is 3.79. The van der Waals surface area contributed by atoms with Gasteiger partial charge < -0.3 is 5.32 Å². The van der Waals surface area contributed by atoms with Gasteiger partial charge in [0.15, 0.2) is 0 Å². The van der Waals surface area contributed by atoms with Crippen LogP contribution in [0.4, 0.5) is 0 Å². The van der Waals surface area contributed by atoms with Crippen molar-refractivity contribution < 1.29 is 0 Å². The average molecular weight is 242 g/mol. The first kappa shape index (κ1) is 16.9. The molecule has 0 aliphatic heterocycles. The van der Waals surface area contributed by atoms with Crippen LogP contribution in [0, 0.1) is 5.92 Å². The van der Waals surface area contributed by atoms with E-state index in [1.807, 2.05) is 0 Å². The van der Waals surface area contributed by atoms with E-state index in [4.69, 9.17) is 0 Å². The molecule has 17 heavy (non-hydrogen) atoms. The van der Waals surface area contributed by atoms with Crippen molar-refractivity contribution in [1.82, 2.24) is 10.2 Å². The van der Waals surface area contributed by atoms with E-state index in [1.54, 1.807) is 0 Å². The van der Waals surface area contributed by atoms with Crippen molar-refractivity contribution in [3.63, 3.8) is 0 Å². The largest absolute Gasteiger partial charge is 0.315 e. The number of hydrogen-bond acceptors (Lipinski definition) is 2. The molecule has 2 unspecified atom stereocenters. The van der Waals surface area contributed by atoms with Crippen LogP contribution in [0.25, 0.3) is 0 Å². The summed E-state index contributed by atoms with van der Waals surface area (Å²) in [5.41, 5.74) is 0.285. The molecule has 0 aromatic carbocycles. The SMILES string of the molecule is CCN(CC)C(C)(CC)C(CCC(C)C)NC. The first-order valence-corrected chi connectivity index (χ1v) is 7.38. The highest BCUT2D eigenvalue weighted by Gasteiger charge is 2.35. The predicted molar refractivity (Wildman–Crippen MR) is 78.5 cm³/mol. The summed E-state index contributed by atoms with van der Waals surface area (Å²) < 4.78 is 0. The molecule has 104 valence electrons. The van der Waals surface area contributed by atoms with Crippen LogP contribution < -0.4 is 5.32 Å². The van der Waals surface area contributed by atoms with E-state index in [9.17, 15) is 0 Å². The Labute approximate surface area is 109 Å². The van der Waals surface area contributed by atoms with Crippen molar-refractivity contribution >= 4 is 0 Å². The van der Waals surface area contributed by atoms with E-state index in [0.717, 1.165) is 19.0 Å². The number of nitrogens with zero attached hydrogens (tertiary/aromatic N) is 1. The van der Waals surface area contributed by atoms with Crippen molar-refractivity contribution in [2.24, 2.45) is 5.92 Å². The summed E-state index contributed by atoms with van der Waals surface area (Å²) >= 11 is 0. The highest BCUT2D eigenvalue weighted by molar-refractivity contribution is 4.95. The predicted octanol–water partition coefficient (Wildman–Crippen LogP) is 3.52. The Balaban J connectivity index is 4.75. The van der Waals surface area contributed by atoms with Gasteiger partial charge in [0.1, 0.15) is 0 Å². The number of nitrogens with one attached hydrogen (secondary N) is 1. The van der Waals surface area contributed by atoms with Crippen LogP contribution in [0.5, 0.6) is 0 Å². The quantitative estimate of drug-likeness (QED) is 0.665. The minimum absolute atomic E-state index is 0.285. The second kappa shape index (κ2) is 8.10. The molecule has 0 fully saturated rings. The monoisotopic (exact) mass is 242 g/mol. The van der Waals surface area contributed by atoms with Crippen molar-refractivity contribution in [2.45, 2.75) is 72.4 Å². The zero-order valence-electron chi connectivity index (χ0n) is 13.1. The molecule has 0 aliphatic rings. The Bertz CT molecular complexity index is 187. The van der Waals surface area contributed by atoms with E-state index in [0.29, 0.717) is 6.04 Å². The summed E-state index contributed by atoms with van der Waals surface area (Å²) in [7, 11) is 2.11. The molecule has 0 amide bonds. The Morgan fingerprint density at radius 1 is 1.06 bits per heavy atom. The Kier molecular flexibility index (Phi) is 8.06. The van der Waals surface area contributed by atoms with Crippen molar-refractivity contribution in [3.05, 3.63) is 0 Å². The normalized spacial score (nSPS) is 17.5. The summed E-state index contributed by atoms with van der Waals surface area (Å²) in [6, 6.07) is 0.592. The van der Waals surface area contributed by atoms with Gasteiger partial charge in [-0.25, -0.2) is 0 Å². The number of rotatable bonds is 9. The molecule has 0 heterocycles. The fourth-order valence-corrected chi connectivity index (χ4v) is 2.90. The summed E-state index contributed by atoms with van der Waals surface area (Å²) in [4.78, 5) is 2.61. The molecular formula is C15H34N2. The number of likely N-dealkylation sites (N-methyl/N-ethyl adjacent to an activating group) is 2. The lowest BCUT2D eigenvalue weighted by Gasteiger charge is -2.46. The van der Waals surface area contributed by atoms with Crippen LogP contribution in [-0.4, -0.2) is 36.6 Å². The lowest BCUT2D eigenvalue weighted by atomic mass is 9.83. The average Bonchev–Trinajstić information content (AvgIpc) is 2.30. The molecular weight excluding hydrogens is 208 g/mol. The first-order chi connectivity index (χ1) is 7.96. The van der Waals surface area contributed by atoms with Crippen molar-refractivity contribution in [1.29, 1.82) is 0 Å². The van der Waals surface area contributed by atoms with Crippen LogP contribution >= 0.6 is 0 Å². The first-order valence-electron chi connectivity index (χ1n) is 7.38. The van der Waals surface area contributed by atoms with E-state index < -0.39 is 0 Å². The summed E-state index contributed by atoms with van der Waals surface area (Å²) in [6.45, 7) is 16.2. The molecule has 1 N–H and O–H groups in total. The fourth-order valence-electron chi connectivity index (χ4n) is 2.90. The zero-order valence-corrected chi connectivity index (χ0v) is 13.1. The maximum atomic E-state index is 3.56. The minimum atomic E-state index is 0.285. The summed E-state index contributed by atoms with van der Waals surface area (Å²) in [5, 5.41) is 3.56. The Morgan fingerprint density at radius 3 is 1.88 bits per heavy atom. The van der Waals surface area contributed by atoms with Gasteiger partial charge in [0, 0.05) is 11.6 Å². The second-order valence-corrected chi connectivity index (χ2v) is 5.70. The van der Waals surface area contributed by atoms with E-state index >= 15 is 0 Å². The smallest absolute Gasteiger partial charge is 0.0331 e. The molecule has 0 aliphatic carbocycles. The van der Waals surface area contributed by atoms with Gasteiger partial charge in [-0.05, 0) is 52.2 Å². The Hall–Kier alpha value is -0.0800. The molecule has 2 nitrogen and oxygen atoms in total. The molecule has 0 aromatic rings. The van der Waals surface area contributed by atoms with Crippen LogP contribution in [0.2, 0.25) is 0 Å². The molecule has 0 aromatic heterocycles. The third-order valence-corrected chi connectivity index (χ3v) is 4.33. The van der Waals surface area contributed by atoms with Gasteiger partial charge in [0.2, 0.25) is 0 Å². The molecule has 0 bridgehead atoms. The summed E-state index contributed by atoms with van der Waals surface area (Å²) in [5.74, 6) is 0.795. The van der Waals surface area contributed by atoms with Gasteiger partial charge in [-0.1, -0.05) is 34.6 Å². The lowest BCUT2D eigenvalue weighted by Crippen LogP contribution is -2.58. The molecule has 0 rings (SSSR count). The number of hydrogen-bond donors (Lipinski definition) is 1. The van der Waals surface area contributed by atoms with Gasteiger partial charge in [-0.15, -0.1) is 0 Å². The third-order valence-electron chi connectivity index (χ3n) is 4.33. The van der Waals surface area contributed by atoms with Gasteiger partial charge in [-0.3, -0.25) is 4.90 Å². The highest BCUT2D eigenvalue weighted by Crippen LogP contribution is 2.27. The molecule has 0 radical (unpaired) electrons. The van der Waals surface area contributed by atoms with Crippen LogP contribution in [-0.2, 0) is 0 Å².